The molecular formula is C11H14. The third-order valence-electron chi connectivity index (χ3n) is 2.24. The lowest BCUT2D eigenvalue weighted by atomic mass is 9.84. The van der Waals surface area contributed by atoms with E-state index in [0.717, 1.165) is 5.57 Å². The van der Waals surface area contributed by atoms with E-state index in [9.17, 15) is 0 Å². The zero-order valence-electron chi connectivity index (χ0n) is 7.22. The van der Waals surface area contributed by atoms with Crippen LogP contribution in [-0.2, 0) is 0 Å². The Hall–Kier alpha value is -1.04. The summed E-state index contributed by atoms with van der Waals surface area (Å²) in [7, 11) is 0. The molecule has 0 saturated carbocycles. The molecule has 0 spiro atoms. The molecule has 0 aliphatic heterocycles. The first kappa shape index (κ1) is 8.06. The van der Waals surface area contributed by atoms with Gasteiger partial charge in [0, 0.05) is 5.92 Å². The molecule has 0 fully saturated rings. The predicted molar refractivity (Wildman–Crippen MR) is 50.3 cm³/mol. The van der Waals surface area contributed by atoms with Crippen molar-refractivity contribution in [1.82, 2.24) is 0 Å². The highest BCUT2D eigenvalue weighted by molar-refractivity contribution is 5.49. The maximum absolute atomic E-state index is 4.02. The van der Waals surface area contributed by atoms with Gasteiger partial charge in [-0.2, -0.15) is 0 Å². The molecule has 1 unspecified atom stereocenters. The minimum atomic E-state index is 0.409. The van der Waals surface area contributed by atoms with Gasteiger partial charge in [-0.15, -0.1) is 0 Å². The Labute approximate surface area is 68.6 Å². The van der Waals surface area contributed by atoms with Crippen LogP contribution in [0.5, 0.6) is 0 Å². The molecule has 0 saturated heterocycles. The van der Waals surface area contributed by atoms with E-state index in [0.29, 0.717) is 5.92 Å². The van der Waals surface area contributed by atoms with E-state index >= 15 is 0 Å². The number of hydrogen-bond acceptors (Lipinski definition) is 0. The van der Waals surface area contributed by atoms with Crippen LogP contribution in [0.15, 0.2) is 48.1 Å². The molecule has 0 aromatic heterocycles. The first-order valence-corrected chi connectivity index (χ1v) is 3.89. The van der Waals surface area contributed by atoms with Gasteiger partial charge in [-0.25, -0.2) is 0 Å². The Kier molecular flexibility index (Phi) is 2.13. The summed E-state index contributed by atoms with van der Waals surface area (Å²) in [6, 6.07) is 0. The summed E-state index contributed by atoms with van der Waals surface area (Å²) in [6.45, 7) is 12.1. The molecule has 0 heteroatoms. The summed E-state index contributed by atoms with van der Waals surface area (Å²) in [5, 5.41) is 0. The molecule has 0 heterocycles. The molecule has 58 valence electrons. The second-order valence-electron chi connectivity index (χ2n) is 2.90. The van der Waals surface area contributed by atoms with E-state index in [2.05, 4.69) is 38.3 Å². The van der Waals surface area contributed by atoms with Crippen molar-refractivity contribution in [2.24, 2.45) is 5.92 Å². The fraction of sp³-hybridized carbons (Fsp3) is 0.273. The van der Waals surface area contributed by atoms with Gasteiger partial charge in [0.15, 0.2) is 0 Å². The second kappa shape index (κ2) is 2.91. The zero-order valence-corrected chi connectivity index (χ0v) is 7.22. The number of allylic oxidation sites excluding steroid dienone is 6. The Balaban J connectivity index is 3.04. The summed E-state index contributed by atoms with van der Waals surface area (Å²) in [4.78, 5) is 0. The van der Waals surface area contributed by atoms with Crippen LogP contribution in [0.25, 0.3) is 0 Å². The van der Waals surface area contributed by atoms with Crippen molar-refractivity contribution in [2.45, 2.75) is 13.8 Å². The third kappa shape index (κ3) is 1.35. The van der Waals surface area contributed by atoms with Crippen LogP contribution < -0.4 is 0 Å². The lowest BCUT2D eigenvalue weighted by Gasteiger charge is -2.20. The standard InChI is InChI=1S/C11H14/c1-5-11-7-6-8(2)9(3)10(11)4/h5-7,9H,2,4H2,1,3H3/b11-5-. The van der Waals surface area contributed by atoms with Gasteiger partial charge in [-0.3, -0.25) is 0 Å². The molecule has 0 radical (unpaired) electrons. The predicted octanol–water partition coefficient (Wildman–Crippen LogP) is 3.25. The van der Waals surface area contributed by atoms with Gasteiger partial charge in [0.25, 0.3) is 0 Å². The van der Waals surface area contributed by atoms with Crippen molar-refractivity contribution in [3.8, 4) is 0 Å². The molecule has 0 bridgehead atoms. The Morgan fingerprint density at radius 1 is 1.36 bits per heavy atom. The van der Waals surface area contributed by atoms with E-state index in [1.807, 2.05) is 6.92 Å². The molecule has 1 aliphatic carbocycles. The monoisotopic (exact) mass is 146 g/mol. The lowest BCUT2D eigenvalue weighted by molar-refractivity contribution is 0.833. The highest BCUT2D eigenvalue weighted by atomic mass is 14.2. The fourth-order valence-corrected chi connectivity index (χ4v) is 1.20. The lowest BCUT2D eigenvalue weighted by Crippen LogP contribution is -2.05. The third-order valence-corrected chi connectivity index (χ3v) is 2.24. The van der Waals surface area contributed by atoms with Crippen molar-refractivity contribution in [1.29, 1.82) is 0 Å². The smallest absolute Gasteiger partial charge is 0.00550 e. The minimum Gasteiger partial charge on any atom is -0.0952 e. The molecular weight excluding hydrogens is 132 g/mol. The Morgan fingerprint density at radius 3 is 2.55 bits per heavy atom. The van der Waals surface area contributed by atoms with Gasteiger partial charge in [-0.1, -0.05) is 38.3 Å². The summed E-state index contributed by atoms with van der Waals surface area (Å²) in [5.74, 6) is 0.409. The maximum atomic E-state index is 4.02. The summed E-state index contributed by atoms with van der Waals surface area (Å²) < 4.78 is 0. The van der Waals surface area contributed by atoms with E-state index in [1.165, 1.54) is 11.1 Å². The van der Waals surface area contributed by atoms with Crippen LogP contribution in [0.3, 0.4) is 0 Å². The van der Waals surface area contributed by atoms with E-state index in [1.54, 1.807) is 0 Å². The summed E-state index contributed by atoms with van der Waals surface area (Å²) >= 11 is 0. The van der Waals surface area contributed by atoms with Crippen molar-refractivity contribution < 1.29 is 0 Å². The topological polar surface area (TPSA) is 0 Å². The van der Waals surface area contributed by atoms with Crippen LogP contribution in [0.2, 0.25) is 0 Å². The summed E-state index contributed by atoms with van der Waals surface area (Å²) in [5.41, 5.74) is 3.57. The molecule has 1 rings (SSSR count). The van der Waals surface area contributed by atoms with E-state index < -0.39 is 0 Å². The highest BCUT2D eigenvalue weighted by Crippen LogP contribution is 2.29. The van der Waals surface area contributed by atoms with Crippen LogP contribution in [0.4, 0.5) is 0 Å². The largest absolute Gasteiger partial charge is 0.0952 e. The molecule has 1 atom stereocenters. The molecule has 0 N–H and O–H groups in total. The molecule has 11 heavy (non-hydrogen) atoms. The Morgan fingerprint density at radius 2 is 2.00 bits per heavy atom. The fourth-order valence-electron chi connectivity index (χ4n) is 1.20. The molecule has 1 aliphatic rings. The van der Waals surface area contributed by atoms with Gasteiger partial charge >= 0.3 is 0 Å². The van der Waals surface area contributed by atoms with Crippen molar-refractivity contribution in [3.63, 3.8) is 0 Å². The maximum Gasteiger partial charge on any atom is 0.00550 e. The summed E-state index contributed by atoms with van der Waals surface area (Å²) in [6.07, 6.45) is 6.22. The number of hydrogen-bond donors (Lipinski definition) is 0. The van der Waals surface area contributed by atoms with Crippen LogP contribution in [-0.4, -0.2) is 0 Å². The van der Waals surface area contributed by atoms with Gasteiger partial charge in [0.2, 0.25) is 0 Å². The van der Waals surface area contributed by atoms with Gasteiger partial charge in [0.1, 0.15) is 0 Å². The second-order valence-corrected chi connectivity index (χ2v) is 2.90. The average Bonchev–Trinajstić information content (AvgIpc) is 2.01. The molecule has 0 amide bonds. The van der Waals surface area contributed by atoms with Crippen LogP contribution in [0, 0.1) is 5.92 Å². The number of rotatable bonds is 0. The highest BCUT2D eigenvalue weighted by Gasteiger charge is 2.14. The SMILES string of the molecule is C=C1C=C/C(=C/C)C(=C)C1C. The van der Waals surface area contributed by atoms with Gasteiger partial charge in [0.05, 0.1) is 0 Å². The quantitative estimate of drug-likeness (QED) is 0.492. The van der Waals surface area contributed by atoms with Crippen LogP contribution >= 0.6 is 0 Å². The molecule has 0 nitrogen and oxygen atoms in total. The Bertz CT molecular complexity index is 251. The average molecular weight is 146 g/mol. The van der Waals surface area contributed by atoms with E-state index in [-0.39, 0.29) is 0 Å². The van der Waals surface area contributed by atoms with Gasteiger partial charge < -0.3 is 0 Å². The van der Waals surface area contributed by atoms with Crippen molar-refractivity contribution in [2.75, 3.05) is 0 Å². The minimum absolute atomic E-state index is 0.409. The van der Waals surface area contributed by atoms with E-state index in [4.69, 9.17) is 0 Å². The first-order valence-electron chi connectivity index (χ1n) is 3.89. The van der Waals surface area contributed by atoms with Gasteiger partial charge in [-0.05, 0) is 23.6 Å². The normalized spacial score (nSPS) is 28.2. The van der Waals surface area contributed by atoms with Crippen molar-refractivity contribution in [3.05, 3.63) is 48.1 Å². The molecule has 0 aromatic carbocycles. The van der Waals surface area contributed by atoms with Crippen molar-refractivity contribution >= 4 is 0 Å². The van der Waals surface area contributed by atoms with Crippen LogP contribution in [0.1, 0.15) is 13.8 Å². The first-order chi connectivity index (χ1) is 5.16. The zero-order chi connectivity index (χ0) is 8.43. The molecule has 0 aromatic rings.